The molecule has 0 saturated carbocycles. The van der Waals surface area contributed by atoms with E-state index < -0.39 is 17.9 Å². The molecule has 0 bridgehead atoms. The molecule has 8 nitrogen and oxygen atoms in total. The third-order valence-corrected chi connectivity index (χ3v) is 6.18. The van der Waals surface area contributed by atoms with Gasteiger partial charge in [0.05, 0.1) is 12.0 Å². The summed E-state index contributed by atoms with van der Waals surface area (Å²) in [4.78, 5) is 39.0. The second kappa shape index (κ2) is 10.8. The standard InChI is InChI=1S/C25H30N4O4/c1-16(25(33)29-13-11-17(12-14-29)15-21(30)31)22(18-5-3-2-4-6-18)28-24(32)20-9-7-19(8-10-20)23(26)27/h2-10,16-17,22H,11-15H2,1H3,(H3,26,27)(H,28,32)(H,30,31). The Labute approximate surface area is 193 Å². The highest BCUT2D eigenvalue weighted by atomic mass is 16.4. The minimum absolute atomic E-state index is 0.0649. The lowest BCUT2D eigenvalue weighted by atomic mass is 9.90. The predicted molar refractivity (Wildman–Crippen MR) is 125 cm³/mol. The van der Waals surface area contributed by atoms with Gasteiger partial charge in [0.15, 0.2) is 0 Å². The Morgan fingerprint density at radius 3 is 2.18 bits per heavy atom. The Bertz CT molecular complexity index is 999. The number of aliphatic carboxylic acids is 1. The van der Waals surface area contributed by atoms with Gasteiger partial charge in [0.2, 0.25) is 5.91 Å². The highest BCUT2D eigenvalue weighted by molar-refractivity contribution is 5.98. The number of carbonyl (C=O) groups excluding carboxylic acids is 2. The molecule has 3 rings (SSSR count). The van der Waals surface area contributed by atoms with Crippen molar-refractivity contribution >= 4 is 23.6 Å². The first kappa shape index (κ1) is 24.0. The molecule has 0 aliphatic carbocycles. The van der Waals surface area contributed by atoms with Crippen molar-refractivity contribution < 1.29 is 19.5 Å². The fraction of sp³-hybridized carbons (Fsp3) is 0.360. The topological polar surface area (TPSA) is 137 Å². The van der Waals surface area contributed by atoms with Gasteiger partial charge in [-0.3, -0.25) is 19.8 Å². The number of carboxylic acid groups (broad SMARTS) is 1. The number of hydrogen-bond acceptors (Lipinski definition) is 4. The minimum atomic E-state index is -0.809. The zero-order chi connectivity index (χ0) is 24.0. The molecule has 0 aromatic heterocycles. The van der Waals surface area contributed by atoms with Crippen LogP contribution in [0, 0.1) is 17.2 Å². The van der Waals surface area contributed by atoms with E-state index in [0.29, 0.717) is 37.1 Å². The molecule has 2 aromatic rings. The summed E-state index contributed by atoms with van der Waals surface area (Å²) in [5.74, 6) is -1.69. The number of amides is 2. The van der Waals surface area contributed by atoms with Gasteiger partial charge in [-0.2, -0.15) is 0 Å². The summed E-state index contributed by atoms with van der Waals surface area (Å²) in [5, 5.41) is 19.5. The molecule has 1 aliphatic rings. The molecule has 1 saturated heterocycles. The summed E-state index contributed by atoms with van der Waals surface area (Å²) >= 11 is 0. The van der Waals surface area contributed by atoms with Crippen LogP contribution in [0.3, 0.4) is 0 Å². The summed E-state index contributed by atoms with van der Waals surface area (Å²) in [5.41, 5.74) is 7.25. The van der Waals surface area contributed by atoms with Crippen LogP contribution in [0.2, 0.25) is 0 Å². The SMILES string of the molecule is CC(C(=O)N1CCC(CC(=O)O)CC1)C(NC(=O)c1ccc(C(=N)N)cc1)c1ccccc1. The molecule has 8 heteroatoms. The Hall–Kier alpha value is -3.68. The van der Waals surface area contributed by atoms with Crippen molar-refractivity contribution in [1.29, 1.82) is 5.41 Å². The van der Waals surface area contributed by atoms with E-state index in [4.69, 9.17) is 16.2 Å². The molecule has 2 amide bonds. The maximum atomic E-state index is 13.3. The van der Waals surface area contributed by atoms with Gasteiger partial charge in [0.1, 0.15) is 5.84 Å². The van der Waals surface area contributed by atoms with Crippen LogP contribution in [0.1, 0.15) is 53.7 Å². The zero-order valence-corrected chi connectivity index (χ0v) is 18.7. The van der Waals surface area contributed by atoms with E-state index in [1.165, 1.54) is 0 Å². The van der Waals surface area contributed by atoms with Gasteiger partial charge in [-0.1, -0.05) is 49.4 Å². The summed E-state index contributed by atoms with van der Waals surface area (Å²) in [6.07, 6.45) is 1.45. The van der Waals surface area contributed by atoms with E-state index in [0.717, 1.165) is 5.56 Å². The van der Waals surface area contributed by atoms with Crippen LogP contribution >= 0.6 is 0 Å². The lowest BCUT2D eigenvalue weighted by Crippen LogP contribution is -2.45. The molecule has 2 unspecified atom stereocenters. The molecule has 2 atom stereocenters. The molecule has 0 spiro atoms. The second-order valence-electron chi connectivity index (χ2n) is 8.51. The largest absolute Gasteiger partial charge is 0.481 e. The van der Waals surface area contributed by atoms with Crippen molar-refractivity contribution in [3.05, 3.63) is 71.3 Å². The van der Waals surface area contributed by atoms with E-state index in [9.17, 15) is 14.4 Å². The third-order valence-electron chi connectivity index (χ3n) is 6.18. The Morgan fingerprint density at radius 1 is 1.06 bits per heavy atom. The number of rotatable bonds is 8. The van der Waals surface area contributed by atoms with Gasteiger partial charge in [-0.15, -0.1) is 0 Å². The number of likely N-dealkylation sites (tertiary alicyclic amines) is 1. The van der Waals surface area contributed by atoms with Crippen molar-refractivity contribution in [3.63, 3.8) is 0 Å². The van der Waals surface area contributed by atoms with E-state index in [-0.39, 0.29) is 30.0 Å². The number of nitrogen functional groups attached to an aromatic ring is 1. The smallest absolute Gasteiger partial charge is 0.303 e. The number of amidine groups is 1. The fourth-order valence-electron chi connectivity index (χ4n) is 4.22. The van der Waals surface area contributed by atoms with Gasteiger partial charge in [0, 0.05) is 30.6 Å². The monoisotopic (exact) mass is 450 g/mol. The number of hydrogen-bond donors (Lipinski definition) is 4. The van der Waals surface area contributed by atoms with Gasteiger partial charge >= 0.3 is 5.97 Å². The summed E-state index contributed by atoms with van der Waals surface area (Å²) < 4.78 is 0. The first-order valence-corrected chi connectivity index (χ1v) is 11.1. The number of carboxylic acids is 1. The third kappa shape index (κ3) is 6.19. The average molecular weight is 451 g/mol. The van der Waals surface area contributed by atoms with E-state index in [2.05, 4.69) is 5.32 Å². The van der Waals surface area contributed by atoms with Crippen LogP contribution in [0.15, 0.2) is 54.6 Å². The molecule has 1 heterocycles. The fourth-order valence-corrected chi connectivity index (χ4v) is 4.22. The van der Waals surface area contributed by atoms with E-state index in [1.807, 2.05) is 37.3 Å². The first-order chi connectivity index (χ1) is 15.8. The Morgan fingerprint density at radius 2 is 1.64 bits per heavy atom. The van der Waals surface area contributed by atoms with Crippen molar-refractivity contribution in [2.24, 2.45) is 17.6 Å². The summed E-state index contributed by atoms with van der Waals surface area (Å²) in [6, 6.07) is 15.3. The predicted octanol–water partition coefficient (Wildman–Crippen LogP) is 2.79. The molecule has 1 aliphatic heterocycles. The van der Waals surface area contributed by atoms with Crippen LogP contribution in [0.5, 0.6) is 0 Å². The first-order valence-electron chi connectivity index (χ1n) is 11.1. The molecular formula is C25H30N4O4. The zero-order valence-electron chi connectivity index (χ0n) is 18.7. The summed E-state index contributed by atoms with van der Waals surface area (Å²) in [6.45, 7) is 2.84. The Kier molecular flexibility index (Phi) is 7.82. The minimum Gasteiger partial charge on any atom is -0.481 e. The lowest BCUT2D eigenvalue weighted by molar-refractivity contribution is -0.139. The van der Waals surface area contributed by atoms with Gasteiger partial charge in [0.25, 0.3) is 5.91 Å². The Balaban J connectivity index is 1.74. The number of benzene rings is 2. The molecule has 5 N–H and O–H groups in total. The lowest BCUT2D eigenvalue weighted by Gasteiger charge is -2.35. The van der Waals surface area contributed by atoms with Crippen LogP contribution in [-0.4, -0.2) is 46.7 Å². The molecule has 2 aromatic carbocycles. The normalized spacial score (nSPS) is 16.0. The summed E-state index contributed by atoms with van der Waals surface area (Å²) in [7, 11) is 0. The number of nitrogens with zero attached hydrogens (tertiary/aromatic N) is 1. The molecule has 174 valence electrons. The van der Waals surface area contributed by atoms with Crippen LogP contribution in [-0.2, 0) is 9.59 Å². The van der Waals surface area contributed by atoms with Crippen LogP contribution in [0.25, 0.3) is 0 Å². The quantitative estimate of drug-likeness (QED) is 0.362. The maximum Gasteiger partial charge on any atom is 0.303 e. The average Bonchev–Trinajstić information content (AvgIpc) is 2.82. The number of nitrogens with one attached hydrogen (secondary N) is 2. The highest BCUT2D eigenvalue weighted by Crippen LogP contribution is 2.27. The number of nitrogens with two attached hydrogens (primary N) is 1. The van der Waals surface area contributed by atoms with Crippen molar-refractivity contribution in [2.45, 2.75) is 32.2 Å². The van der Waals surface area contributed by atoms with E-state index in [1.54, 1.807) is 29.2 Å². The molecule has 0 radical (unpaired) electrons. The van der Waals surface area contributed by atoms with Crippen LogP contribution < -0.4 is 11.1 Å². The molecular weight excluding hydrogens is 420 g/mol. The highest BCUT2D eigenvalue weighted by Gasteiger charge is 2.32. The van der Waals surface area contributed by atoms with Crippen LogP contribution in [0.4, 0.5) is 0 Å². The number of carbonyl (C=O) groups is 3. The second-order valence-corrected chi connectivity index (χ2v) is 8.51. The van der Waals surface area contributed by atoms with Crippen molar-refractivity contribution in [2.75, 3.05) is 13.1 Å². The van der Waals surface area contributed by atoms with Crippen molar-refractivity contribution in [3.8, 4) is 0 Å². The van der Waals surface area contributed by atoms with Gasteiger partial charge in [-0.25, -0.2) is 0 Å². The van der Waals surface area contributed by atoms with Gasteiger partial charge < -0.3 is 21.1 Å². The van der Waals surface area contributed by atoms with Gasteiger partial charge in [-0.05, 0) is 36.5 Å². The number of piperidine rings is 1. The molecule has 33 heavy (non-hydrogen) atoms. The van der Waals surface area contributed by atoms with E-state index >= 15 is 0 Å². The molecule has 1 fully saturated rings. The maximum absolute atomic E-state index is 13.3. The van der Waals surface area contributed by atoms with Crippen molar-refractivity contribution in [1.82, 2.24) is 10.2 Å².